The Bertz CT molecular complexity index is 554. The number of anilines is 1. The molecule has 0 spiro atoms. The van der Waals surface area contributed by atoms with E-state index in [1.54, 1.807) is 6.92 Å². The summed E-state index contributed by atoms with van der Waals surface area (Å²) in [5.41, 5.74) is -0.0661. The van der Waals surface area contributed by atoms with E-state index in [4.69, 9.17) is 4.74 Å². The topological polar surface area (TPSA) is 102 Å². The molecule has 0 heterocycles. The summed E-state index contributed by atoms with van der Waals surface area (Å²) in [5, 5.41) is 9.53. The van der Waals surface area contributed by atoms with Gasteiger partial charge in [0.2, 0.25) is 10.0 Å². The van der Waals surface area contributed by atoms with E-state index >= 15 is 0 Å². The fourth-order valence-corrected chi connectivity index (χ4v) is 2.25. The molecule has 0 aliphatic carbocycles. The SMILES string of the molecule is CCOC(=O)CS(=O)(=O)Nc1cc(OC)ccc1O. The summed E-state index contributed by atoms with van der Waals surface area (Å²) in [6.07, 6.45) is 0. The van der Waals surface area contributed by atoms with E-state index in [1.165, 1.54) is 25.3 Å². The van der Waals surface area contributed by atoms with Crippen molar-refractivity contribution >= 4 is 21.7 Å². The van der Waals surface area contributed by atoms with Crippen molar-refractivity contribution in [3.8, 4) is 11.5 Å². The molecule has 0 aromatic heterocycles. The lowest BCUT2D eigenvalue weighted by molar-refractivity contribution is -0.139. The molecule has 0 saturated carbocycles. The first-order valence-corrected chi connectivity index (χ1v) is 7.06. The number of ether oxygens (including phenoxy) is 2. The lowest BCUT2D eigenvalue weighted by Gasteiger charge is -2.10. The molecule has 0 bridgehead atoms. The largest absolute Gasteiger partial charge is 0.506 e. The molecule has 1 aromatic carbocycles. The van der Waals surface area contributed by atoms with Gasteiger partial charge in [-0.2, -0.15) is 0 Å². The molecule has 1 rings (SSSR count). The highest BCUT2D eigenvalue weighted by Gasteiger charge is 2.19. The molecule has 0 fully saturated rings. The standard InChI is InChI=1S/C11H15NO6S/c1-3-18-11(14)7-19(15,16)12-9-6-8(17-2)4-5-10(9)13/h4-6,12-13H,3,7H2,1-2H3. The zero-order valence-electron chi connectivity index (χ0n) is 10.5. The molecule has 7 nitrogen and oxygen atoms in total. The Morgan fingerprint density at radius 3 is 2.68 bits per heavy atom. The third-order valence-electron chi connectivity index (χ3n) is 2.08. The Balaban J connectivity index is 2.86. The number of carbonyl (C=O) groups excluding carboxylic acids is 1. The van der Waals surface area contributed by atoms with Gasteiger partial charge in [-0.25, -0.2) is 8.42 Å². The van der Waals surface area contributed by atoms with Gasteiger partial charge in [-0.15, -0.1) is 0 Å². The van der Waals surface area contributed by atoms with Crippen molar-refractivity contribution in [2.45, 2.75) is 6.92 Å². The van der Waals surface area contributed by atoms with Crippen LogP contribution in [0.1, 0.15) is 6.92 Å². The van der Waals surface area contributed by atoms with Crippen LogP contribution in [0.4, 0.5) is 5.69 Å². The van der Waals surface area contributed by atoms with Crippen LogP contribution in [0.5, 0.6) is 11.5 Å². The third kappa shape index (κ3) is 4.66. The fraction of sp³-hybridized carbons (Fsp3) is 0.364. The van der Waals surface area contributed by atoms with Crippen molar-refractivity contribution in [1.29, 1.82) is 0 Å². The van der Waals surface area contributed by atoms with E-state index < -0.39 is 21.7 Å². The minimum Gasteiger partial charge on any atom is -0.506 e. The normalized spacial score (nSPS) is 10.8. The molecular formula is C11H15NO6S. The summed E-state index contributed by atoms with van der Waals surface area (Å²) in [5.74, 6) is -1.59. The number of methoxy groups -OCH3 is 1. The van der Waals surface area contributed by atoms with Gasteiger partial charge in [0.05, 0.1) is 19.4 Å². The van der Waals surface area contributed by atoms with E-state index in [-0.39, 0.29) is 18.0 Å². The quantitative estimate of drug-likeness (QED) is 0.590. The van der Waals surface area contributed by atoms with Crippen LogP contribution in [0.15, 0.2) is 18.2 Å². The van der Waals surface area contributed by atoms with E-state index in [0.29, 0.717) is 5.75 Å². The van der Waals surface area contributed by atoms with Gasteiger partial charge in [0.25, 0.3) is 0 Å². The summed E-state index contributed by atoms with van der Waals surface area (Å²) in [6, 6.07) is 4.05. The average molecular weight is 289 g/mol. The maximum atomic E-state index is 11.7. The number of nitrogens with one attached hydrogen (secondary N) is 1. The molecule has 0 aliphatic rings. The molecule has 0 saturated heterocycles. The predicted octanol–water partition coefficient (Wildman–Crippen LogP) is 0.706. The zero-order chi connectivity index (χ0) is 14.5. The third-order valence-corrected chi connectivity index (χ3v) is 3.23. The highest BCUT2D eigenvalue weighted by Crippen LogP contribution is 2.28. The Labute approximate surface area is 111 Å². The molecule has 2 N–H and O–H groups in total. The van der Waals surface area contributed by atoms with Gasteiger partial charge in [0.15, 0.2) is 5.75 Å². The lowest BCUT2D eigenvalue weighted by Crippen LogP contribution is -2.24. The molecular weight excluding hydrogens is 274 g/mol. The van der Waals surface area contributed by atoms with Gasteiger partial charge in [-0.3, -0.25) is 9.52 Å². The smallest absolute Gasteiger partial charge is 0.323 e. The minimum atomic E-state index is -3.94. The molecule has 0 aliphatic heterocycles. The summed E-state index contributed by atoms with van der Waals surface area (Å²) in [4.78, 5) is 11.1. The molecule has 8 heteroatoms. The number of phenolic OH excluding ortho intramolecular Hbond substituents is 1. The van der Waals surface area contributed by atoms with Gasteiger partial charge in [0, 0.05) is 6.07 Å². The molecule has 0 unspecified atom stereocenters. The predicted molar refractivity (Wildman–Crippen MR) is 68.7 cm³/mol. The number of aromatic hydroxyl groups is 1. The number of carbonyl (C=O) groups is 1. The van der Waals surface area contributed by atoms with Crippen LogP contribution in [0, 0.1) is 0 Å². The van der Waals surface area contributed by atoms with E-state index in [1.807, 2.05) is 0 Å². The number of phenols is 1. The first-order valence-electron chi connectivity index (χ1n) is 5.41. The molecule has 106 valence electrons. The van der Waals surface area contributed by atoms with Gasteiger partial charge in [0.1, 0.15) is 11.5 Å². The highest BCUT2D eigenvalue weighted by molar-refractivity contribution is 7.93. The second-order valence-electron chi connectivity index (χ2n) is 3.55. The van der Waals surface area contributed by atoms with E-state index in [9.17, 15) is 18.3 Å². The Morgan fingerprint density at radius 1 is 1.42 bits per heavy atom. The summed E-state index contributed by atoms with van der Waals surface area (Å²) in [6.45, 7) is 1.67. The number of esters is 1. The van der Waals surface area contributed by atoms with Gasteiger partial charge < -0.3 is 14.6 Å². The van der Waals surface area contributed by atoms with Crippen LogP contribution in [0.3, 0.4) is 0 Å². The minimum absolute atomic E-state index is 0.0661. The van der Waals surface area contributed by atoms with Crippen molar-refractivity contribution in [3.05, 3.63) is 18.2 Å². The first-order chi connectivity index (χ1) is 8.88. The summed E-state index contributed by atoms with van der Waals surface area (Å²) < 4.78 is 34.9. The molecule has 0 radical (unpaired) electrons. The maximum absolute atomic E-state index is 11.7. The molecule has 19 heavy (non-hydrogen) atoms. The number of hydrogen-bond acceptors (Lipinski definition) is 6. The molecule has 1 aromatic rings. The monoisotopic (exact) mass is 289 g/mol. The highest BCUT2D eigenvalue weighted by atomic mass is 32.2. The van der Waals surface area contributed by atoms with Crippen LogP contribution in [0.25, 0.3) is 0 Å². The van der Waals surface area contributed by atoms with Crippen molar-refractivity contribution in [1.82, 2.24) is 0 Å². The van der Waals surface area contributed by atoms with Crippen molar-refractivity contribution in [2.75, 3.05) is 24.2 Å². The molecule has 0 atom stereocenters. The first kappa shape index (κ1) is 15.1. The van der Waals surface area contributed by atoms with Crippen LogP contribution < -0.4 is 9.46 Å². The lowest BCUT2D eigenvalue weighted by atomic mass is 10.3. The number of rotatable bonds is 6. The van der Waals surface area contributed by atoms with Crippen LogP contribution in [-0.4, -0.2) is 39.0 Å². The van der Waals surface area contributed by atoms with Crippen LogP contribution in [0.2, 0.25) is 0 Å². The van der Waals surface area contributed by atoms with E-state index in [0.717, 1.165) is 0 Å². The summed E-state index contributed by atoms with van der Waals surface area (Å²) in [7, 11) is -2.54. The van der Waals surface area contributed by atoms with Crippen molar-refractivity contribution in [2.24, 2.45) is 0 Å². The van der Waals surface area contributed by atoms with Crippen molar-refractivity contribution in [3.63, 3.8) is 0 Å². The van der Waals surface area contributed by atoms with Gasteiger partial charge in [-0.05, 0) is 19.1 Å². The van der Waals surface area contributed by atoms with Gasteiger partial charge >= 0.3 is 5.97 Å². The number of benzene rings is 1. The summed E-state index contributed by atoms with van der Waals surface area (Å²) >= 11 is 0. The second kappa shape index (κ2) is 6.28. The van der Waals surface area contributed by atoms with Crippen LogP contribution >= 0.6 is 0 Å². The Hall–Kier alpha value is -1.96. The fourth-order valence-electron chi connectivity index (χ4n) is 1.29. The second-order valence-corrected chi connectivity index (χ2v) is 5.27. The number of hydrogen-bond donors (Lipinski definition) is 2. The average Bonchev–Trinajstić information content (AvgIpc) is 2.31. The number of sulfonamides is 1. The van der Waals surface area contributed by atoms with Crippen molar-refractivity contribution < 1.29 is 27.8 Å². The maximum Gasteiger partial charge on any atom is 0.323 e. The van der Waals surface area contributed by atoms with Crippen LogP contribution in [-0.2, 0) is 19.6 Å². The molecule has 0 amide bonds. The van der Waals surface area contributed by atoms with E-state index in [2.05, 4.69) is 9.46 Å². The Kier molecular flexibility index (Phi) is 4.99. The van der Waals surface area contributed by atoms with Gasteiger partial charge in [-0.1, -0.05) is 0 Å². The Morgan fingerprint density at radius 2 is 2.11 bits per heavy atom. The zero-order valence-corrected chi connectivity index (χ0v) is 11.4.